The highest BCUT2D eigenvalue weighted by atomic mass is 127. The number of ether oxygens (including phenoxy) is 1. The summed E-state index contributed by atoms with van der Waals surface area (Å²) in [5.74, 6) is 0.186. The van der Waals surface area contributed by atoms with E-state index in [9.17, 15) is 14.4 Å². The molecule has 4 rings (SSSR count). The van der Waals surface area contributed by atoms with Crippen LogP contribution >= 0.6 is 45.2 Å². The first-order valence-electron chi connectivity index (χ1n) is 11.0. The number of carbonyl (C=O) groups is 1. The molecule has 0 spiro atoms. The molecule has 1 aliphatic rings. The molecule has 1 heterocycles. The molecular formula is C27H22FI2N3O2. The number of rotatable bonds is 6. The quantitative estimate of drug-likeness (QED) is 0.184. The number of halogens is 3. The summed E-state index contributed by atoms with van der Waals surface area (Å²) in [6.07, 6.45) is 1.64. The van der Waals surface area contributed by atoms with E-state index in [1.807, 2.05) is 30.3 Å². The van der Waals surface area contributed by atoms with Crippen LogP contribution in [0.5, 0.6) is 5.75 Å². The first-order valence-corrected chi connectivity index (χ1v) is 13.2. The van der Waals surface area contributed by atoms with E-state index in [-0.39, 0.29) is 17.3 Å². The van der Waals surface area contributed by atoms with Crippen LogP contribution in [0, 0.1) is 24.3 Å². The zero-order chi connectivity index (χ0) is 24.8. The van der Waals surface area contributed by atoms with E-state index < -0.39 is 0 Å². The number of nitrogens with zero attached hydrogens (tertiary/aromatic N) is 3. The lowest BCUT2D eigenvalue weighted by atomic mass is 10.1. The SMILES string of the molecule is N#C/C(=C/c1cc(I)c(OCc2ccc(F)cc2)c(I)c1)C(=O)N1CCN(c2ccccc2)CC1. The van der Waals surface area contributed by atoms with Crippen molar-refractivity contribution < 1.29 is 13.9 Å². The Morgan fingerprint density at radius 3 is 2.23 bits per heavy atom. The molecule has 0 aromatic heterocycles. The molecular weight excluding hydrogens is 671 g/mol. The van der Waals surface area contributed by atoms with Crippen molar-refractivity contribution in [3.05, 3.63) is 96.4 Å². The summed E-state index contributed by atoms with van der Waals surface area (Å²) in [5.41, 5.74) is 2.89. The molecule has 0 atom stereocenters. The standard InChI is InChI=1S/C27H22FI2N3O2/c28-22-8-6-19(7-9-22)18-35-26-24(29)15-20(16-25(26)30)14-21(17-31)27(34)33-12-10-32(11-13-33)23-4-2-1-3-5-23/h1-9,14-16H,10-13,18H2/b21-14-. The van der Waals surface area contributed by atoms with E-state index >= 15 is 0 Å². The van der Waals surface area contributed by atoms with E-state index in [1.54, 1.807) is 23.1 Å². The largest absolute Gasteiger partial charge is 0.487 e. The summed E-state index contributed by atoms with van der Waals surface area (Å²) in [6.45, 7) is 2.91. The highest BCUT2D eigenvalue weighted by Crippen LogP contribution is 2.31. The highest BCUT2D eigenvalue weighted by Gasteiger charge is 2.24. The number of benzene rings is 3. The third-order valence-corrected chi connectivity index (χ3v) is 7.27. The van der Waals surface area contributed by atoms with Gasteiger partial charge in [-0.3, -0.25) is 4.79 Å². The second-order valence-electron chi connectivity index (χ2n) is 8.01. The minimum absolute atomic E-state index is 0.116. The van der Waals surface area contributed by atoms with Crippen LogP contribution in [0.3, 0.4) is 0 Å². The van der Waals surface area contributed by atoms with Crippen LogP contribution in [0.1, 0.15) is 11.1 Å². The van der Waals surface area contributed by atoms with Crippen molar-refractivity contribution in [2.24, 2.45) is 0 Å². The van der Waals surface area contributed by atoms with Gasteiger partial charge in [0.1, 0.15) is 29.8 Å². The molecule has 3 aromatic rings. The maximum absolute atomic E-state index is 13.1. The number of hydrogen-bond acceptors (Lipinski definition) is 4. The van der Waals surface area contributed by atoms with E-state index in [1.165, 1.54) is 12.1 Å². The van der Waals surface area contributed by atoms with E-state index in [0.29, 0.717) is 19.7 Å². The first-order chi connectivity index (χ1) is 16.9. The fraction of sp³-hybridized carbons (Fsp3) is 0.185. The van der Waals surface area contributed by atoms with Crippen molar-refractivity contribution >= 4 is 62.9 Å². The lowest BCUT2D eigenvalue weighted by Gasteiger charge is -2.36. The summed E-state index contributed by atoms with van der Waals surface area (Å²) in [4.78, 5) is 17.0. The van der Waals surface area contributed by atoms with E-state index in [4.69, 9.17) is 4.74 Å². The molecule has 0 saturated carbocycles. The van der Waals surface area contributed by atoms with Gasteiger partial charge in [-0.1, -0.05) is 30.3 Å². The number of nitriles is 1. The Morgan fingerprint density at radius 2 is 1.63 bits per heavy atom. The normalized spacial score (nSPS) is 13.9. The average molecular weight is 693 g/mol. The molecule has 0 radical (unpaired) electrons. The molecule has 35 heavy (non-hydrogen) atoms. The number of anilines is 1. The fourth-order valence-electron chi connectivity index (χ4n) is 3.82. The Hall–Kier alpha value is -2.65. The van der Waals surface area contributed by atoms with Gasteiger partial charge in [0.15, 0.2) is 0 Å². The van der Waals surface area contributed by atoms with Gasteiger partial charge in [-0.05, 0) is 98.8 Å². The van der Waals surface area contributed by atoms with Gasteiger partial charge < -0.3 is 14.5 Å². The molecule has 5 nitrogen and oxygen atoms in total. The highest BCUT2D eigenvalue weighted by molar-refractivity contribution is 14.1. The topological polar surface area (TPSA) is 56.6 Å². The van der Waals surface area contributed by atoms with Gasteiger partial charge >= 0.3 is 0 Å². The molecule has 3 aromatic carbocycles. The maximum Gasteiger partial charge on any atom is 0.264 e. The second kappa shape index (κ2) is 11.9. The molecule has 0 aliphatic carbocycles. The zero-order valence-corrected chi connectivity index (χ0v) is 23.1. The van der Waals surface area contributed by atoms with Crippen LogP contribution in [0.2, 0.25) is 0 Å². The number of amides is 1. The lowest BCUT2D eigenvalue weighted by Crippen LogP contribution is -2.49. The first kappa shape index (κ1) is 25.4. The van der Waals surface area contributed by atoms with E-state index in [0.717, 1.165) is 42.8 Å². The second-order valence-corrected chi connectivity index (χ2v) is 10.3. The van der Waals surface area contributed by atoms with Crippen molar-refractivity contribution in [1.82, 2.24) is 4.90 Å². The van der Waals surface area contributed by atoms with Crippen LogP contribution in [0.15, 0.2) is 72.3 Å². The molecule has 1 fully saturated rings. The van der Waals surface area contributed by atoms with E-state index in [2.05, 4.69) is 68.3 Å². The van der Waals surface area contributed by atoms with Crippen molar-refractivity contribution in [1.29, 1.82) is 5.26 Å². The van der Waals surface area contributed by atoms with Crippen LogP contribution in [-0.2, 0) is 11.4 Å². The Kier molecular flexibility index (Phi) is 8.62. The van der Waals surface area contributed by atoms with Gasteiger partial charge in [-0.25, -0.2) is 4.39 Å². The predicted molar refractivity (Wildman–Crippen MR) is 151 cm³/mol. The molecule has 1 amide bonds. The number of carbonyl (C=O) groups excluding carboxylic acids is 1. The van der Waals surface area contributed by atoms with Crippen molar-refractivity contribution in [3.8, 4) is 11.8 Å². The monoisotopic (exact) mass is 693 g/mol. The maximum atomic E-state index is 13.1. The van der Waals surface area contributed by atoms with Gasteiger partial charge in [0.05, 0.1) is 7.14 Å². The zero-order valence-electron chi connectivity index (χ0n) is 18.8. The Balaban J connectivity index is 1.43. The molecule has 1 saturated heterocycles. The van der Waals surface area contributed by atoms with Gasteiger partial charge in [-0.15, -0.1) is 0 Å². The Morgan fingerprint density at radius 1 is 1.00 bits per heavy atom. The van der Waals surface area contributed by atoms with Gasteiger partial charge in [0.2, 0.25) is 0 Å². The molecule has 1 aliphatic heterocycles. The lowest BCUT2D eigenvalue weighted by molar-refractivity contribution is -0.126. The fourth-order valence-corrected chi connectivity index (χ4v) is 5.95. The number of para-hydroxylation sites is 1. The molecule has 178 valence electrons. The molecule has 8 heteroatoms. The number of piperazine rings is 1. The Labute approximate surface area is 231 Å². The molecule has 0 N–H and O–H groups in total. The number of hydrogen-bond donors (Lipinski definition) is 0. The third kappa shape index (κ3) is 6.52. The van der Waals surface area contributed by atoms with Gasteiger partial charge in [0.25, 0.3) is 5.91 Å². The summed E-state index contributed by atoms with van der Waals surface area (Å²) in [6, 6.07) is 22.2. The van der Waals surface area contributed by atoms with Crippen LogP contribution in [0.25, 0.3) is 6.08 Å². The summed E-state index contributed by atoms with van der Waals surface area (Å²) in [7, 11) is 0. The summed E-state index contributed by atoms with van der Waals surface area (Å²) >= 11 is 4.37. The predicted octanol–water partition coefficient (Wildman–Crippen LogP) is 5.87. The van der Waals surface area contributed by atoms with Crippen molar-refractivity contribution in [3.63, 3.8) is 0 Å². The van der Waals surface area contributed by atoms with Crippen molar-refractivity contribution in [2.75, 3.05) is 31.1 Å². The third-order valence-electron chi connectivity index (χ3n) is 5.67. The Bertz CT molecular complexity index is 1240. The minimum atomic E-state index is -0.282. The van der Waals surface area contributed by atoms with Gasteiger partial charge in [-0.2, -0.15) is 5.26 Å². The molecule has 0 unspecified atom stereocenters. The van der Waals surface area contributed by atoms with Gasteiger partial charge in [0, 0.05) is 31.9 Å². The van der Waals surface area contributed by atoms with Crippen LogP contribution in [0.4, 0.5) is 10.1 Å². The smallest absolute Gasteiger partial charge is 0.264 e. The minimum Gasteiger partial charge on any atom is -0.487 e. The van der Waals surface area contributed by atoms with Crippen LogP contribution in [-0.4, -0.2) is 37.0 Å². The summed E-state index contributed by atoms with van der Waals surface area (Å²) in [5, 5.41) is 9.71. The van der Waals surface area contributed by atoms with Crippen molar-refractivity contribution in [2.45, 2.75) is 6.61 Å². The summed E-state index contributed by atoms with van der Waals surface area (Å²) < 4.78 is 20.8. The average Bonchev–Trinajstić information content (AvgIpc) is 2.88. The molecule has 0 bridgehead atoms. The van der Waals surface area contributed by atoms with Crippen LogP contribution < -0.4 is 9.64 Å².